The van der Waals surface area contributed by atoms with Gasteiger partial charge in [-0.25, -0.2) is 5.43 Å². The molecule has 1 heterocycles. The van der Waals surface area contributed by atoms with Gasteiger partial charge in [-0.05, 0) is 29.6 Å². The van der Waals surface area contributed by atoms with E-state index >= 15 is 0 Å². The second-order valence-corrected chi connectivity index (χ2v) is 5.45. The number of rotatable bonds is 4. The third-order valence-corrected chi connectivity index (χ3v) is 3.61. The average molecular weight is 339 g/mol. The van der Waals surface area contributed by atoms with Crippen LogP contribution in [-0.2, 0) is 0 Å². The zero-order valence-electron chi connectivity index (χ0n) is 10.1. The van der Waals surface area contributed by atoms with Crippen LogP contribution in [0, 0.1) is 0 Å². The molecule has 0 fully saturated rings. The van der Waals surface area contributed by atoms with Crippen molar-refractivity contribution in [2.24, 2.45) is 5.10 Å². The average Bonchev–Trinajstić information content (AvgIpc) is 2.91. The van der Waals surface area contributed by atoms with Crippen LogP contribution in [-0.4, -0.2) is 19.2 Å². The number of ether oxygens (including phenoxy) is 1. The van der Waals surface area contributed by atoms with E-state index in [0.29, 0.717) is 11.3 Å². The highest BCUT2D eigenvalue weighted by Gasteiger charge is 2.11. The van der Waals surface area contributed by atoms with Crippen molar-refractivity contribution in [3.05, 3.63) is 50.6 Å². The highest BCUT2D eigenvalue weighted by Crippen LogP contribution is 2.22. The quantitative estimate of drug-likeness (QED) is 0.687. The zero-order valence-corrected chi connectivity index (χ0v) is 12.5. The van der Waals surface area contributed by atoms with Gasteiger partial charge in [0.15, 0.2) is 0 Å². The number of carbonyl (C=O) groups is 1. The highest BCUT2D eigenvalue weighted by atomic mass is 79.9. The van der Waals surface area contributed by atoms with Gasteiger partial charge in [0.25, 0.3) is 5.91 Å². The molecule has 0 aliphatic rings. The van der Waals surface area contributed by atoms with Crippen LogP contribution in [0.15, 0.2) is 45.3 Å². The van der Waals surface area contributed by atoms with E-state index in [1.165, 1.54) is 7.11 Å². The number of benzene rings is 1. The van der Waals surface area contributed by atoms with Gasteiger partial charge in [0.1, 0.15) is 5.75 Å². The first-order valence-corrected chi connectivity index (χ1v) is 7.08. The highest BCUT2D eigenvalue weighted by molar-refractivity contribution is 9.10. The van der Waals surface area contributed by atoms with Gasteiger partial charge in [-0.1, -0.05) is 22.0 Å². The van der Waals surface area contributed by atoms with Crippen LogP contribution in [0.4, 0.5) is 0 Å². The molecule has 1 aromatic carbocycles. The molecule has 98 valence electrons. The molecule has 0 radical (unpaired) electrons. The predicted molar refractivity (Wildman–Crippen MR) is 80.1 cm³/mol. The van der Waals surface area contributed by atoms with Crippen molar-refractivity contribution in [1.82, 2.24) is 5.43 Å². The summed E-state index contributed by atoms with van der Waals surface area (Å²) in [4.78, 5) is 13.0. The molecular formula is C13H11BrN2O2S. The zero-order chi connectivity index (χ0) is 13.7. The largest absolute Gasteiger partial charge is 0.496 e. The minimum Gasteiger partial charge on any atom is -0.496 e. The Hall–Kier alpha value is -1.66. The summed E-state index contributed by atoms with van der Waals surface area (Å²) in [6, 6.07) is 9.06. The van der Waals surface area contributed by atoms with Crippen LogP contribution in [0.1, 0.15) is 15.2 Å². The molecule has 0 atom stereocenters. The van der Waals surface area contributed by atoms with Gasteiger partial charge >= 0.3 is 0 Å². The molecule has 2 rings (SSSR count). The van der Waals surface area contributed by atoms with E-state index < -0.39 is 0 Å². The first-order chi connectivity index (χ1) is 9.20. The second-order valence-electron chi connectivity index (χ2n) is 3.56. The summed E-state index contributed by atoms with van der Waals surface area (Å²) in [7, 11) is 1.52. The fourth-order valence-electron chi connectivity index (χ4n) is 1.44. The minimum absolute atomic E-state index is 0.314. The lowest BCUT2D eigenvalue weighted by Crippen LogP contribution is -2.18. The van der Waals surface area contributed by atoms with E-state index in [9.17, 15) is 4.79 Å². The predicted octanol–water partition coefficient (Wildman–Crippen LogP) is 3.28. The Morgan fingerprint density at radius 3 is 3.00 bits per heavy atom. The lowest BCUT2D eigenvalue weighted by Gasteiger charge is -2.07. The maximum absolute atomic E-state index is 12.0. The Bertz CT molecular complexity index is 597. The number of hydrazone groups is 1. The lowest BCUT2D eigenvalue weighted by molar-refractivity contribution is 0.0952. The van der Waals surface area contributed by atoms with E-state index in [4.69, 9.17) is 4.74 Å². The molecule has 1 N–H and O–H groups in total. The number of nitrogens with one attached hydrogen (secondary N) is 1. The topological polar surface area (TPSA) is 50.7 Å². The van der Waals surface area contributed by atoms with Crippen molar-refractivity contribution < 1.29 is 9.53 Å². The molecular weight excluding hydrogens is 328 g/mol. The Morgan fingerprint density at radius 2 is 2.32 bits per heavy atom. The number of nitrogens with zero attached hydrogens (tertiary/aromatic N) is 1. The molecule has 1 aromatic heterocycles. The maximum Gasteiger partial charge on any atom is 0.275 e. The number of methoxy groups -OCH3 is 1. The van der Waals surface area contributed by atoms with Crippen LogP contribution in [0.2, 0.25) is 0 Å². The van der Waals surface area contributed by atoms with Gasteiger partial charge in [-0.2, -0.15) is 5.10 Å². The lowest BCUT2D eigenvalue weighted by atomic mass is 10.2. The van der Waals surface area contributed by atoms with Crippen molar-refractivity contribution in [1.29, 1.82) is 0 Å². The van der Waals surface area contributed by atoms with Crippen LogP contribution in [0.5, 0.6) is 5.75 Å². The molecule has 0 aliphatic heterocycles. The third kappa shape index (κ3) is 3.65. The molecule has 0 spiro atoms. The molecule has 0 bridgehead atoms. The summed E-state index contributed by atoms with van der Waals surface area (Å²) < 4.78 is 5.95. The summed E-state index contributed by atoms with van der Waals surface area (Å²) >= 11 is 4.87. The minimum atomic E-state index is -0.314. The van der Waals surface area contributed by atoms with Gasteiger partial charge in [-0.15, -0.1) is 11.3 Å². The number of hydrogen-bond donors (Lipinski definition) is 1. The van der Waals surface area contributed by atoms with Crippen LogP contribution >= 0.6 is 27.3 Å². The van der Waals surface area contributed by atoms with Gasteiger partial charge < -0.3 is 4.74 Å². The monoisotopic (exact) mass is 338 g/mol. The normalized spacial score (nSPS) is 10.6. The van der Waals surface area contributed by atoms with Crippen molar-refractivity contribution in [2.45, 2.75) is 0 Å². The summed E-state index contributed by atoms with van der Waals surface area (Å²) in [5, 5.41) is 5.86. The Morgan fingerprint density at radius 1 is 1.47 bits per heavy atom. The van der Waals surface area contributed by atoms with Crippen molar-refractivity contribution in [2.75, 3.05) is 7.11 Å². The van der Waals surface area contributed by atoms with Crippen molar-refractivity contribution in [3.8, 4) is 5.75 Å². The number of carbonyl (C=O) groups excluding carboxylic acids is 1. The smallest absolute Gasteiger partial charge is 0.275 e. The summed E-state index contributed by atoms with van der Waals surface area (Å²) in [6.07, 6.45) is 1.60. The third-order valence-electron chi connectivity index (χ3n) is 2.31. The van der Waals surface area contributed by atoms with Gasteiger partial charge in [0, 0.05) is 9.35 Å². The molecule has 0 unspecified atom stereocenters. The molecule has 0 aliphatic carbocycles. The Labute approximate surface area is 123 Å². The summed E-state index contributed by atoms with van der Waals surface area (Å²) in [5.74, 6) is 0.193. The van der Waals surface area contributed by atoms with Crippen LogP contribution in [0.3, 0.4) is 0 Å². The second kappa shape index (κ2) is 6.49. The molecule has 4 nitrogen and oxygen atoms in total. The van der Waals surface area contributed by atoms with Crippen LogP contribution < -0.4 is 10.2 Å². The fourth-order valence-corrected chi connectivity index (χ4v) is 2.38. The van der Waals surface area contributed by atoms with Gasteiger partial charge in [0.05, 0.1) is 18.9 Å². The van der Waals surface area contributed by atoms with Gasteiger partial charge in [-0.3, -0.25) is 4.79 Å². The maximum atomic E-state index is 12.0. The summed E-state index contributed by atoms with van der Waals surface area (Å²) in [6.45, 7) is 0. The Balaban J connectivity index is 2.09. The number of thiophene rings is 1. The molecule has 2 aromatic rings. The number of hydrogen-bond acceptors (Lipinski definition) is 4. The standard InChI is InChI=1S/C13H11BrN2O2S/c1-18-12-5-4-9(14)7-11(12)13(17)16-15-8-10-3-2-6-19-10/h2-8H,1H3,(H,16,17)/b15-8-. The molecule has 0 saturated carbocycles. The van der Waals surface area contributed by atoms with E-state index in [1.54, 1.807) is 29.7 Å². The molecule has 6 heteroatoms. The van der Waals surface area contributed by atoms with Crippen LogP contribution in [0.25, 0.3) is 0 Å². The molecule has 19 heavy (non-hydrogen) atoms. The Kier molecular flexibility index (Phi) is 4.70. The first kappa shape index (κ1) is 13.8. The van der Waals surface area contributed by atoms with Crippen molar-refractivity contribution >= 4 is 39.4 Å². The van der Waals surface area contributed by atoms with E-state index in [0.717, 1.165) is 9.35 Å². The fraction of sp³-hybridized carbons (Fsp3) is 0.0769. The molecule has 1 amide bonds. The molecule has 0 saturated heterocycles. The first-order valence-electron chi connectivity index (χ1n) is 5.41. The number of halogens is 1. The van der Waals surface area contributed by atoms with Gasteiger partial charge in [0.2, 0.25) is 0 Å². The van der Waals surface area contributed by atoms with Crippen molar-refractivity contribution in [3.63, 3.8) is 0 Å². The van der Waals surface area contributed by atoms with E-state index in [2.05, 4.69) is 26.5 Å². The SMILES string of the molecule is COc1ccc(Br)cc1C(=O)N/N=C\c1cccs1. The van der Waals surface area contributed by atoms with E-state index in [1.807, 2.05) is 23.6 Å². The number of amides is 1. The van der Waals surface area contributed by atoms with E-state index in [-0.39, 0.29) is 5.91 Å². The summed E-state index contributed by atoms with van der Waals surface area (Å²) in [5.41, 5.74) is 2.91.